The molecule has 2 saturated carbocycles. The maximum Gasteiger partial charge on any atom is 0.0601 e. The first-order valence-electron chi connectivity index (χ1n) is 6.71. The summed E-state index contributed by atoms with van der Waals surface area (Å²) in [6.45, 7) is 9.07. The van der Waals surface area contributed by atoms with Gasteiger partial charge in [0.15, 0.2) is 0 Å². The molecule has 0 radical (unpaired) electrons. The molecule has 0 aromatic heterocycles. The summed E-state index contributed by atoms with van der Waals surface area (Å²) in [7, 11) is 0. The lowest BCUT2D eigenvalue weighted by atomic mass is 9.66. The summed E-state index contributed by atoms with van der Waals surface area (Å²) >= 11 is 0. The zero-order valence-electron chi connectivity index (χ0n) is 11.2. The van der Waals surface area contributed by atoms with E-state index in [4.69, 9.17) is 0 Å². The van der Waals surface area contributed by atoms with E-state index in [2.05, 4.69) is 33.8 Å². The van der Waals surface area contributed by atoms with Crippen LogP contribution in [0, 0.1) is 16.7 Å². The molecule has 0 aromatic carbocycles. The Bertz CT molecular complexity index is 303. The number of aliphatic hydroxyl groups is 1. The predicted molar refractivity (Wildman–Crippen MR) is 68.2 cm³/mol. The van der Waals surface area contributed by atoms with Crippen LogP contribution in [0.3, 0.4) is 0 Å². The third-order valence-electron chi connectivity index (χ3n) is 5.68. The Kier molecular flexibility index (Phi) is 2.94. The average Bonchev–Trinajstić information content (AvgIpc) is 2.52. The monoisotopic (exact) mass is 222 g/mol. The minimum atomic E-state index is -0.0528. The molecule has 0 aliphatic heterocycles. The van der Waals surface area contributed by atoms with Gasteiger partial charge in [0.25, 0.3) is 0 Å². The second-order valence-corrected chi connectivity index (χ2v) is 6.64. The van der Waals surface area contributed by atoms with Crippen LogP contribution in [0.4, 0.5) is 0 Å². The average molecular weight is 222 g/mol. The smallest absolute Gasteiger partial charge is 0.0601 e. The second kappa shape index (κ2) is 3.87. The lowest BCUT2D eigenvalue weighted by Crippen LogP contribution is -2.37. The van der Waals surface area contributed by atoms with Crippen LogP contribution in [0.5, 0.6) is 0 Å². The van der Waals surface area contributed by atoms with Gasteiger partial charge in [0.05, 0.1) is 6.10 Å². The van der Waals surface area contributed by atoms with E-state index >= 15 is 0 Å². The topological polar surface area (TPSA) is 20.2 Å². The summed E-state index contributed by atoms with van der Waals surface area (Å²) in [4.78, 5) is 0. The van der Waals surface area contributed by atoms with Crippen molar-refractivity contribution in [2.75, 3.05) is 0 Å². The van der Waals surface area contributed by atoms with E-state index < -0.39 is 0 Å². The number of allylic oxidation sites excluding steroid dienone is 2. The molecule has 2 aliphatic rings. The Morgan fingerprint density at radius 2 is 2.06 bits per heavy atom. The Labute approximate surface area is 99.9 Å². The fourth-order valence-electron chi connectivity index (χ4n) is 4.15. The predicted octanol–water partition coefficient (Wildman–Crippen LogP) is 3.92. The fraction of sp³-hybridized carbons (Fsp3) is 0.867. The van der Waals surface area contributed by atoms with Crippen molar-refractivity contribution in [1.29, 1.82) is 0 Å². The molecule has 0 saturated heterocycles. The van der Waals surface area contributed by atoms with Gasteiger partial charge in [0.1, 0.15) is 0 Å². The first kappa shape index (κ1) is 12.2. The van der Waals surface area contributed by atoms with Gasteiger partial charge in [-0.1, -0.05) is 25.5 Å². The van der Waals surface area contributed by atoms with Crippen molar-refractivity contribution in [3.8, 4) is 0 Å². The lowest BCUT2D eigenvalue weighted by Gasteiger charge is -2.40. The quantitative estimate of drug-likeness (QED) is 0.718. The molecule has 1 N–H and O–H groups in total. The molecule has 2 fully saturated rings. The van der Waals surface area contributed by atoms with E-state index in [1.807, 2.05) is 0 Å². The minimum absolute atomic E-state index is 0.0528. The van der Waals surface area contributed by atoms with E-state index in [-0.39, 0.29) is 11.5 Å². The normalized spacial score (nSPS) is 46.1. The molecule has 4 atom stereocenters. The molecule has 92 valence electrons. The van der Waals surface area contributed by atoms with Gasteiger partial charge < -0.3 is 5.11 Å². The molecule has 2 rings (SSSR count). The molecule has 0 heterocycles. The van der Waals surface area contributed by atoms with E-state index in [0.29, 0.717) is 5.41 Å². The van der Waals surface area contributed by atoms with Crippen molar-refractivity contribution in [1.82, 2.24) is 0 Å². The summed E-state index contributed by atoms with van der Waals surface area (Å²) < 4.78 is 0. The highest BCUT2D eigenvalue weighted by molar-refractivity contribution is 5.13. The number of hydrogen-bond donors (Lipinski definition) is 1. The van der Waals surface area contributed by atoms with Gasteiger partial charge in [0.2, 0.25) is 0 Å². The van der Waals surface area contributed by atoms with Crippen molar-refractivity contribution in [3.05, 3.63) is 11.6 Å². The highest BCUT2D eigenvalue weighted by atomic mass is 16.3. The zero-order chi connectivity index (χ0) is 12.0. The maximum atomic E-state index is 10.2. The number of rotatable bonds is 3. The molecular formula is C15H26O. The van der Waals surface area contributed by atoms with Crippen molar-refractivity contribution in [2.45, 2.75) is 65.9 Å². The van der Waals surface area contributed by atoms with E-state index in [9.17, 15) is 5.11 Å². The molecule has 0 amide bonds. The van der Waals surface area contributed by atoms with Gasteiger partial charge in [-0.3, -0.25) is 0 Å². The molecule has 1 heteroatoms. The standard InChI is InChI=1S/C15H26O/c1-11(2)6-5-8-14(3)12-7-9-15(14,4)13(16)10-12/h6,12-13,16H,5,7-10H2,1-4H3/t12-,13-,14-,15+/m1/s1. The van der Waals surface area contributed by atoms with E-state index in [1.54, 1.807) is 0 Å². The van der Waals surface area contributed by atoms with Crippen LogP contribution in [0.1, 0.15) is 59.8 Å². The zero-order valence-corrected chi connectivity index (χ0v) is 11.2. The van der Waals surface area contributed by atoms with Gasteiger partial charge in [-0.05, 0) is 62.7 Å². The van der Waals surface area contributed by atoms with Crippen LogP contribution in [0.2, 0.25) is 0 Å². The van der Waals surface area contributed by atoms with Crippen molar-refractivity contribution in [2.24, 2.45) is 16.7 Å². The van der Waals surface area contributed by atoms with Gasteiger partial charge in [0, 0.05) is 0 Å². The highest BCUT2D eigenvalue weighted by Crippen LogP contribution is 2.67. The van der Waals surface area contributed by atoms with Crippen LogP contribution >= 0.6 is 0 Å². The van der Waals surface area contributed by atoms with Crippen molar-refractivity contribution >= 4 is 0 Å². The molecule has 0 unspecified atom stereocenters. The summed E-state index contributed by atoms with van der Waals surface area (Å²) in [6, 6.07) is 0. The van der Waals surface area contributed by atoms with Crippen LogP contribution in [-0.4, -0.2) is 11.2 Å². The van der Waals surface area contributed by atoms with Crippen LogP contribution < -0.4 is 0 Å². The van der Waals surface area contributed by atoms with Crippen molar-refractivity contribution < 1.29 is 5.11 Å². The Balaban J connectivity index is 2.10. The molecule has 2 aliphatic carbocycles. The molecule has 0 spiro atoms. The molecule has 16 heavy (non-hydrogen) atoms. The summed E-state index contributed by atoms with van der Waals surface area (Å²) in [5, 5.41) is 10.2. The highest BCUT2D eigenvalue weighted by Gasteiger charge is 2.62. The largest absolute Gasteiger partial charge is 0.393 e. The lowest BCUT2D eigenvalue weighted by molar-refractivity contribution is 0.00200. The van der Waals surface area contributed by atoms with Crippen LogP contribution in [0.15, 0.2) is 11.6 Å². The first-order chi connectivity index (χ1) is 7.40. The maximum absolute atomic E-state index is 10.2. The third-order valence-corrected chi connectivity index (χ3v) is 5.68. The minimum Gasteiger partial charge on any atom is -0.393 e. The summed E-state index contributed by atoms with van der Waals surface area (Å²) in [5.41, 5.74) is 1.98. The second-order valence-electron chi connectivity index (χ2n) is 6.64. The SMILES string of the molecule is CC(C)=CCC[C@]1(C)[C@@H]2CC[C@@]1(C)[C@H](O)C2. The van der Waals surface area contributed by atoms with Gasteiger partial charge in [-0.25, -0.2) is 0 Å². The Hall–Kier alpha value is -0.300. The van der Waals surface area contributed by atoms with Gasteiger partial charge >= 0.3 is 0 Å². The summed E-state index contributed by atoms with van der Waals surface area (Å²) in [6.07, 6.45) is 8.32. The van der Waals surface area contributed by atoms with Crippen molar-refractivity contribution in [3.63, 3.8) is 0 Å². The van der Waals surface area contributed by atoms with E-state index in [1.165, 1.54) is 31.3 Å². The Morgan fingerprint density at radius 1 is 1.38 bits per heavy atom. The molecule has 1 nitrogen and oxygen atoms in total. The third kappa shape index (κ3) is 1.55. The molecule has 2 bridgehead atoms. The number of aliphatic hydroxyl groups excluding tert-OH is 1. The number of hydrogen-bond acceptors (Lipinski definition) is 1. The van der Waals surface area contributed by atoms with Gasteiger partial charge in [-0.2, -0.15) is 0 Å². The summed E-state index contributed by atoms with van der Waals surface area (Å²) in [5.74, 6) is 0.762. The van der Waals surface area contributed by atoms with Crippen LogP contribution in [-0.2, 0) is 0 Å². The molecule has 0 aromatic rings. The van der Waals surface area contributed by atoms with E-state index in [0.717, 1.165) is 12.3 Å². The Morgan fingerprint density at radius 3 is 2.50 bits per heavy atom. The van der Waals surface area contributed by atoms with Gasteiger partial charge in [-0.15, -0.1) is 0 Å². The fourth-order valence-corrected chi connectivity index (χ4v) is 4.15. The number of fused-ring (bicyclic) bond motifs is 2. The first-order valence-corrected chi connectivity index (χ1v) is 6.71. The molecular weight excluding hydrogens is 196 g/mol. The van der Waals surface area contributed by atoms with Crippen LogP contribution in [0.25, 0.3) is 0 Å².